The van der Waals surface area contributed by atoms with Crippen LogP contribution in [0.15, 0.2) is 66.7 Å². The average molecular weight is 525 g/mol. The Kier molecular flexibility index (Phi) is 9.04. The van der Waals surface area contributed by atoms with Gasteiger partial charge in [-0.3, -0.25) is 9.69 Å². The van der Waals surface area contributed by atoms with Crippen LogP contribution in [0.5, 0.6) is 5.75 Å². The number of halogens is 2. The summed E-state index contributed by atoms with van der Waals surface area (Å²) < 4.78 is 43.8. The van der Waals surface area contributed by atoms with E-state index in [2.05, 4.69) is 4.90 Å². The van der Waals surface area contributed by atoms with Crippen molar-refractivity contribution in [3.05, 3.63) is 101 Å². The van der Waals surface area contributed by atoms with Crippen molar-refractivity contribution in [2.75, 3.05) is 46.9 Å². The van der Waals surface area contributed by atoms with E-state index in [9.17, 15) is 18.4 Å². The summed E-state index contributed by atoms with van der Waals surface area (Å²) in [5.41, 5.74) is 2.19. The molecule has 9 heteroatoms. The second kappa shape index (κ2) is 12.6. The van der Waals surface area contributed by atoms with Gasteiger partial charge >= 0.3 is 5.97 Å². The van der Waals surface area contributed by atoms with Crippen LogP contribution in [-0.4, -0.2) is 68.6 Å². The van der Waals surface area contributed by atoms with Crippen LogP contribution in [-0.2, 0) is 16.1 Å². The monoisotopic (exact) mass is 524 g/mol. The van der Waals surface area contributed by atoms with E-state index < -0.39 is 23.5 Å². The molecule has 4 rings (SSSR count). The Hall–Kier alpha value is -3.82. The lowest BCUT2D eigenvalue weighted by Crippen LogP contribution is -2.49. The molecule has 1 fully saturated rings. The van der Waals surface area contributed by atoms with Crippen LogP contribution in [0.1, 0.15) is 37.9 Å². The first-order valence-electron chi connectivity index (χ1n) is 12.3. The van der Waals surface area contributed by atoms with E-state index in [0.717, 1.165) is 29.0 Å². The number of esters is 1. The van der Waals surface area contributed by atoms with Crippen molar-refractivity contribution in [2.45, 2.75) is 12.7 Å². The van der Waals surface area contributed by atoms with E-state index in [1.807, 2.05) is 36.4 Å². The van der Waals surface area contributed by atoms with Crippen LogP contribution in [0.4, 0.5) is 8.78 Å². The molecule has 200 valence electrons. The molecule has 0 radical (unpaired) electrons. The number of carbonyl (C=O) groups is 2. The van der Waals surface area contributed by atoms with Crippen molar-refractivity contribution in [1.82, 2.24) is 9.80 Å². The summed E-state index contributed by atoms with van der Waals surface area (Å²) in [4.78, 5) is 28.2. The van der Waals surface area contributed by atoms with Gasteiger partial charge in [0.15, 0.2) is 0 Å². The fraction of sp³-hybridized carbons (Fsp3) is 0.310. The predicted molar refractivity (Wildman–Crippen MR) is 137 cm³/mol. The number of rotatable bonds is 9. The summed E-state index contributed by atoms with van der Waals surface area (Å²) in [5, 5.41) is 0. The number of methoxy groups -OCH3 is 2. The van der Waals surface area contributed by atoms with Gasteiger partial charge in [-0.05, 0) is 47.5 Å². The minimum Gasteiger partial charge on any atom is -0.497 e. The lowest BCUT2D eigenvalue weighted by molar-refractivity contribution is 0.00327. The van der Waals surface area contributed by atoms with Gasteiger partial charge in [-0.15, -0.1) is 0 Å². The number of hydrogen-bond donors (Lipinski definition) is 0. The standard InChI is InChI=1S/C29H30F2N2O5/c1-36-24-5-3-4-22(16-24)27(38-19-20-6-8-21(9-7-20)29(35)37-2)18-32-12-14-33(15-13-32)28(34)25-11-10-23(30)17-26(25)31/h3-11,16-17,27H,12-15,18-19H2,1-2H3/t27-/m0/s1. The van der Waals surface area contributed by atoms with Gasteiger partial charge in [-0.1, -0.05) is 24.3 Å². The van der Waals surface area contributed by atoms with Gasteiger partial charge in [-0.2, -0.15) is 0 Å². The summed E-state index contributed by atoms with van der Waals surface area (Å²) in [6.45, 7) is 2.87. The molecule has 3 aromatic rings. The van der Waals surface area contributed by atoms with Crippen molar-refractivity contribution in [2.24, 2.45) is 0 Å². The van der Waals surface area contributed by atoms with Gasteiger partial charge in [0, 0.05) is 38.8 Å². The molecule has 0 bridgehead atoms. The van der Waals surface area contributed by atoms with E-state index in [4.69, 9.17) is 14.2 Å². The van der Waals surface area contributed by atoms with Crippen LogP contribution in [0, 0.1) is 11.6 Å². The summed E-state index contributed by atoms with van der Waals surface area (Å²) in [5.74, 6) is -1.70. The lowest BCUT2D eigenvalue weighted by Gasteiger charge is -2.36. The van der Waals surface area contributed by atoms with E-state index >= 15 is 0 Å². The molecule has 1 saturated heterocycles. The maximum Gasteiger partial charge on any atom is 0.337 e. The molecular formula is C29H30F2N2O5. The van der Waals surface area contributed by atoms with Gasteiger partial charge in [0.05, 0.1) is 38.1 Å². The highest BCUT2D eigenvalue weighted by molar-refractivity contribution is 5.94. The third kappa shape index (κ3) is 6.73. The molecule has 0 aromatic heterocycles. The minimum atomic E-state index is -0.858. The first kappa shape index (κ1) is 27.2. The fourth-order valence-corrected chi connectivity index (χ4v) is 4.35. The number of carbonyl (C=O) groups excluding carboxylic acids is 2. The number of benzene rings is 3. The predicted octanol–water partition coefficient (Wildman–Crippen LogP) is 4.48. The third-order valence-electron chi connectivity index (χ3n) is 6.54. The molecule has 1 heterocycles. The van der Waals surface area contributed by atoms with E-state index in [0.29, 0.717) is 44.9 Å². The number of nitrogens with zero attached hydrogens (tertiary/aromatic N) is 2. The molecule has 1 aliphatic rings. The Morgan fingerprint density at radius 2 is 1.66 bits per heavy atom. The first-order valence-corrected chi connectivity index (χ1v) is 12.3. The molecule has 0 saturated carbocycles. The summed E-state index contributed by atoms with van der Waals surface area (Å²) in [6, 6.07) is 17.7. The summed E-state index contributed by atoms with van der Waals surface area (Å²) in [7, 11) is 2.95. The molecule has 7 nitrogen and oxygen atoms in total. The second-order valence-corrected chi connectivity index (χ2v) is 8.98. The van der Waals surface area contributed by atoms with Gasteiger partial charge in [0.25, 0.3) is 5.91 Å². The lowest BCUT2D eigenvalue weighted by atomic mass is 10.1. The fourth-order valence-electron chi connectivity index (χ4n) is 4.35. The van der Waals surface area contributed by atoms with Crippen LogP contribution in [0.3, 0.4) is 0 Å². The zero-order chi connectivity index (χ0) is 27.1. The van der Waals surface area contributed by atoms with Crippen LogP contribution >= 0.6 is 0 Å². The van der Waals surface area contributed by atoms with Gasteiger partial charge in [0.1, 0.15) is 17.4 Å². The highest BCUT2D eigenvalue weighted by atomic mass is 19.1. The largest absolute Gasteiger partial charge is 0.497 e. The SMILES string of the molecule is COC(=O)c1ccc(CO[C@@H](CN2CCN(C(=O)c3ccc(F)cc3F)CC2)c2cccc(OC)c2)cc1. The second-order valence-electron chi connectivity index (χ2n) is 8.98. The Labute approximate surface area is 220 Å². The van der Waals surface area contributed by atoms with Crippen molar-refractivity contribution < 1.29 is 32.6 Å². The molecule has 0 spiro atoms. The van der Waals surface area contributed by atoms with E-state index in [1.165, 1.54) is 13.2 Å². The maximum atomic E-state index is 14.1. The Balaban J connectivity index is 1.41. The van der Waals surface area contributed by atoms with Crippen molar-refractivity contribution in [3.8, 4) is 5.75 Å². The van der Waals surface area contributed by atoms with Crippen LogP contribution < -0.4 is 4.74 Å². The molecule has 38 heavy (non-hydrogen) atoms. The highest BCUT2D eigenvalue weighted by Crippen LogP contribution is 2.25. The molecule has 0 N–H and O–H groups in total. The maximum absolute atomic E-state index is 14.1. The quantitative estimate of drug-likeness (QED) is 0.385. The summed E-state index contributed by atoms with van der Waals surface area (Å²) >= 11 is 0. The molecule has 1 atom stereocenters. The average Bonchev–Trinajstić information content (AvgIpc) is 2.95. The van der Waals surface area contributed by atoms with E-state index in [1.54, 1.807) is 24.1 Å². The van der Waals surface area contributed by atoms with Crippen LogP contribution in [0.2, 0.25) is 0 Å². The molecule has 3 aromatic carbocycles. The molecule has 1 aliphatic heterocycles. The molecule has 1 amide bonds. The number of piperazine rings is 1. The van der Waals surface area contributed by atoms with Gasteiger partial charge < -0.3 is 19.1 Å². The highest BCUT2D eigenvalue weighted by Gasteiger charge is 2.26. The number of hydrogen-bond acceptors (Lipinski definition) is 6. The minimum absolute atomic E-state index is 0.129. The van der Waals surface area contributed by atoms with Gasteiger partial charge in [0.2, 0.25) is 0 Å². The first-order chi connectivity index (χ1) is 18.4. The van der Waals surface area contributed by atoms with Crippen LogP contribution in [0.25, 0.3) is 0 Å². The normalized spacial score (nSPS) is 14.7. The third-order valence-corrected chi connectivity index (χ3v) is 6.54. The molecule has 0 unspecified atom stereocenters. The summed E-state index contributed by atoms with van der Waals surface area (Å²) in [6.07, 6.45) is -0.290. The smallest absolute Gasteiger partial charge is 0.337 e. The Morgan fingerprint density at radius 1 is 0.921 bits per heavy atom. The Bertz CT molecular complexity index is 1260. The topological polar surface area (TPSA) is 68.3 Å². The number of ether oxygens (including phenoxy) is 3. The van der Waals surface area contributed by atoms with Gasteiger partial charge in [-0.25, -0.2) is 13.6 Å². The zero-order valence-corrected chi connectivity index (χ0v) is 21.4. The molecular weight excluding hydrogens is 494 g/mol. The Morgan fingerprint density at radius 3 is 2.32 bits per heavy atom. The molecule has 0 aliphatic carbocycles. The van der Waals surface area contributed by atoms with Crippen molar-refractivity contribution in [1.29, 1.82) is 0 Å². The zero-order valence-electron chi connectivity index (χ0n) is 21.4. The number of amides is 1. The van der Waals surface area contributed by atoms with Crippen molar-refractivity contribution >= 4 is 11.9 Å². The van der Waals surface area contributed by atoms with E-state index in [-0.39, 0.29) is 11.7 Å². The van der Waals surface area contributed by atoms with Crippen molar-refractivity contribution in [3.63, 3.8) is 0 Å².